The Morgan fingerprint density at radius 2 is 1.94 bits per heavy atom. The van der Waals surface area contributed by atoms with Crippen LogP contribution in [0.15, 0.2) is 0 Å². The Morgan fingerprint density at radius 1 is 1.24 bits per heavy atom. The first-order chi connectivity index (χ1) is 8.20. The summed E-state index contributed by atoms with van der Waals surface area (Å²) in [6.07, 6.45) is 4.11. The van der Waals surface area contributed by atoms with Crippen molar-refractivity contribution in [3.63, 3.8) is 0 Å². The number of nitrogens with zero attached hydrogens (tertiary/aromatic N) is 2. The topological polar surface area (TPSA) is 43.8 Å². The lowest BCUT2D eigenvalue weighted by Gasteiger charge is -2.36. The van der Waals surface area contributed by atoms with E-state index in [-0.39, 0.29) is 12.5 Å². The number of amides is 1. The molecule has 2 saturated heterocycles. The first-order valence-corrected chi connectivity index (χ1v) is 6.79. The summed E-state index contributed by atoms with van der Waals surface area (Å²) in [7, 11) is 2.09. The van der Waals surface area contributed by atoms with E-state index in [1.165, 1.54) is 0 Å². The van der Waals surface area contributed by atoms with E-state index >= 15 is 0 Å². The van der Waals surface area contributed by atoms with Crippen LogP contribution < -0.4 is 0 Å². The normalized spacial score (nSPS) is 28.4. The summed E-state index contributed by atoms with van der Waals surface area (Å²) < 4.78 is 0. The Morgan fingerprint density at radius 3 is 2.53 bits per heavy atom. The largest absolute Gasteiger partial charge is 0.396 e. The first-order valence-electron chi connectivity index (χ1n) is 6.79. The molecule has 0 radical (unpaired) electrons. The molecule has 2 aliphatic rings. The molecular weight excluding hydrogens is 216 g/mol. The summed E-state index contributed by atoms with van der Waals surface area (Å²) in [6, 6.07) is 0. The third-order valence-electron chi connectivity index (χ3n) is 4.16. The maximum Gasteiger partial charge on any atom is 0.226 e. The minimum absolute atomic E-state index is 0.208. The van der Waals surface area contributed by atoms with Crippen LogP contribution in [0, 0.1) is 11.8 Å². The molecule has 0 bridgehead atoms. The van der Waals surface area contributed by atoms with Crippen molar-refractivity contribution in [2.45, 2.75) is 25.7 Å². The molecule has 0 spiro atoms. The van der Waals surface area contributed by atoms with Gasteiger partial charge in [0.15, 0.2) is 0 Å². The highest BCUT2D eigenvalue weighted by molar-refractivity contribution is 5.79. The summed E-state index contributed by atoms with van der Waals surface area (Å²) in [6.45, 7) is 3.98. The zero-order valence-electron chi connectivity index (χ0n) is 10.8. The second-order valence-corrected chi connectivity index (χ2v) is 5.55. The maximum absolute atomic E-state index is 12.3. The molecule has 1 N–H and O–H groups in total. The molecular formula is C13H24N2O2. The molecule has 4 nitrogen and oxygen atoms in total. The SMILES string of the molecule is CN1CCC[C@@H](C(=O)N2CCC(CO)CC2)C1. The summed E-state index contributed by atoms with van der Waals surface area (Å²) in [5.74, 6) is 0.959. The third kappa shape index (κ3) is 3.19. The number of likely N-dealkylation sites (tertiary alicyclic amines) is 2. The second kappa shape index (κ2) is 5.83. The van der Waals surface area contributed by atoms with E-state index in [1.54, 1.807) is 0 Å². The summed E-state index contributed by atoms with van der Waals surface area (Å²) in [4.78, 5) is 16.6. The molecule has 98 valence electrons. The Bertz CT molecular complexity index is 262. The lowest BCUT2D eigenvalue weighted by molar-refractivity contribution is -0.138. The second-order valence-electron chi connectivity index (χ2n) is 5.55. The van der Waals surface area contributed by atoms with Gasteiger partial charge in [-0.25, -0.2) is 0 Å². The average molecular weight is 240 g/mol. The van der Waals surface area contributed by atoms with Crippen LogP contribution in [-0.4, -0.2) is 60.6 Å². The van der Waals surface area contributed by atoms with Gasteiger partial charge < -0.3 is 14.9 Å². The lowest BCUT2D eigenvalue weighted by Crippen LogP contribution is -2.46. The number of aliphatic hydroxyl groups excluding tert-OH is 1. The standard InChI is InChI=1S/C13H24N2O2/c1-14-6-2-3-12(9-14)13(17)15-7-4-11(10-16)5-8-15/h11-12,16H,2-10H2,1H3/t12-/m1/s1. The van der Waals surface area contributed by atoms with Crippen molar-refractivity contribution in [2.24, 2.45) is 11.8 Å². The Kier molecular flexibility index (Phi) is 4.40. The Hall–Kier alpha value is -0.610. The lowest BCUT2D eigenvalue weighted by atomic mass is 9.93. The molecule has 1 atom stereocenters. The monoisotopic (exact) mass is 240 g/mol. The van der Waals surface area contributed by atoms with Crippen LogP contribution in [0.4, 0.5) is 0 Å². The molecule has 0 unspecified atom stereocenters. The molecule has 0 aliphatic carbocycles. The van der Waals surface area contributed by atoms with Crippen LogP contribution in [0.2, 0.25) is 0 Å². The number of carbonyl (C=O) groups is 1. The molecule has 0 aromatic rings. The number of carbonyl (C=O) groups excluding carboxylic acids is 1. The van der Waals surface area contributed by atoms with Crippen molar-refractivity contribution >= 4 is 5.91 Å². The van der Waals surface area contributed by atoms with E-state index in [9.17, 15) is 4.79 Å². The predicted octanol–water partition coefficient (Wildman–Crippen LogP) is 0.559. The Balaban J connectivity index is 1.83. The summed E-state index contributed by atoms with van der Waals surface area (Å²) in [5, 5.41) is 9.09. The highest BCUT2D eigenvalue weighted by Crippen LogP contribution is 2.22. The van der Waals surface area contributed by atoms with E-state index in [1.807, 2.05) is 4.90 Å². The molecule has 0 aromatic carbocycles. The van der Waals surface area contributed by atoms with Gasteiger partial charge in [-0.3, -0.25) is 4.79 Å². The molecule has 17 heavy (non-hydrogen) atoms. The van der Waals surface area contributed by atoms with Gasteiger partial charge in [0.1, 0.15) is 0 Å². The van der Waals surface area contributed by atoms with Gasteiger partial charge in [0.25, 0.3) is 0 Å². The van der Waals surface area contributed by atoms with Gasteiger partial charge in [-0.1, -0.05) is 0 Å². The minimum atomic E-state index is 0.208. The molecule has 0 aromatic heterocycles. The van der Waals surface area contributed by atoms with Gasteiger partial charge in [-0.15, -0.1) is 0 Å². The molecule has 0 saturated carbocycles. The fraction of sp³-hybridized carbons (Fsp3) is 0.923. The van der Waals surface area contributed by atoms with Crippen LogP contribution in [-0.2, 0) is 4.79 Å². The highest BCUT2D eigenvalue weighted by atomic mass is 16.3. The van der Waals surface area contributed by atoms with E-state index in [0.29, 0.717) is 11.8 Å². The van der Waals surface area contributed by atoms with Gasteiger partial charge >= 0.3 is 0 Å². The fourth-order valence-electron chi connectivity index (χ4n) is 2.96. The quantitative estimate of drug-likeness (QED) is 0.767. The third-order valence-corrected chi connectivity index (χ3v) is 4.16. The minimum Gasteiger partial charge on any atom is -0.396 e. The molecule has 4 heteroatoms. The van der Waals surface area contributed by atoms with Crippen LogP contribution in [0.25, 0.3) is 0 Å². The van der Waals surface area contributed by atoms with Gasteiger partial charge in [0.2, 0.25) is 5.91 Å². The summed E-state index contributed by atoms with van der Waals surface area (Å²) in [5.41, 5.74) is 0. The van der Waals surface area contributed by atoms with Gasteiger partial charge in [0, 0.05) is 26.2 Å². The summed E-state index contributed by atoms with van der Waals surface area (Å²) >= 11 is 0. The zero-order valence-corrected chi connectivity index (χ0v) is 10.8. The van der Waals surface area contributed by atoms with Crippen LogP contribution in [0.3, 0.4) is 0 Å². The number of hydrogen-bond donors (Lipinski definition) is 1. The van der Waals surface area contributed by atoms with E-state index < -0.39 is 0 Å². The van der Waals surface area contributed by atoms with Gasteiger partial charge in [-0.2, -0.15) is 0 Å². The molecule has 2 heterocycles. The molecule has 1 amide bonds. The van der Waals surface area contributed by atoms with Crippen LogP contribution in [0.5, 0.6) is 0 Å². The van der Waals surface area contributed by atoms with Gasteiger partial charge in [-0.05, 0) is 45.2 Å². The Labute approximate surface area is 104 Å². The fourth-order valence-corrected chi connectivity index (χ4v) is 2.96. The van der Waals surface area contributed by atoms with Crippen LogP contribution in [0.1, 0.15) is 25.7 Å². The van der Waals surface area contributed by atoms with E-state index in [4.69, 9.17) is 5.11 Å². The van der Waals surface area contributed by atoms with Crippen molar-refractivity contribution in [1.29, 1.82) is 0 Å². The zero-order chi connectivity index (χ0) is 12.3. The first kappa shape index (κ1) is 12.8. The van der Waals surface area contributed by atoms with Crippen LogP contribution >= 0.6 is 0 Å². The predicted molar refractivity (Wildman–Crippen MR) is 66.6 cm³/mol. The van der Waals surface area contributed by atoms with Crippen molar-refractivity contribution in [3.05, 3.63) is 0 Å². The molecule has 2 aliphatic heterocycles. The van der Waals surface area contributed by atoms with Crippen molar-refractivity contribution in [3.8, 4) is 0 Å². The molecule has 2 fully saturated rings. The number of hydrogen-bond acceptors (Lipinski definition) is 3. The maximum atomic E-state index is 12.3. The number of rotatable bonds is 2. The highest BCUT2D eigenvalue weighted by Gasteiger charge is 2.30. The van der Waals surface area contributed by atoms with Crippen molar-refractivity contribution in [1.82, 2.24) is 9.80 Å². The van der Waals surface area contributed by atoms with E-state index in [2.05, 4.69) is 11.9 Å². The van der Waals surface area contributed by atoms with Crippen molar-refractivity contribution < 1.29 is 9.90 Å². The number of piperidine rings is 2. The molecule has 2 rings (SSSR count). The van der Waals surface area contributed by atoms with E-state index in [0.717, 1.165) is 51.9 Å². The average Bonchev–Trinajstić information content (AvgIpc) is 2.38. The number of aliphatic hydroxyl groups is 1. The van der Waals surface area contributed by atoms with Gasteiger partial charge in [0.05, 0.1) is 5.92 Å². The smallest absolute Gasteiger partial charge is 0.226 e. The van der Waals surface area contributed by atoms with Crippen molar-refractivity contribution in [2.75, 3.05) is 39.8 Å².